The maximum absolute atomic E-state index is 10.8. The molecule has 3 heterocycles. The maximum Gasteiger partial charge on any atom is 0.351 e. The van der Waals surface area contributed by atoms with Gasteiger partial charge in [-0.1, -0.05) is 0 Å². The third-order valence-electron chi connectivity index (χ3n) is 3.43. The second-order valence-electron chi connectivity index (χ2n) is 5.41. The van der Waals surface area contributed by atoms with Crippen LogP contribution in [0.2, 0.25) is 0 Å². The first-order valence-corrected chi connectivity index (χ1v) is 9.01. The smallest absolute Gasteiger partial charge is 0.351 e. The molecule has 14 nitrogen and oxygen atoms in total. The minimum absolute atomic E-state index is 0.0631. The molecule has 0 bridgehead atoms. The zero-order chi connectivity index (χ0) is 18.9. The van der Waals surface area contributed by atoms with Crippen LogP contribution in [-0.2, 0) is 18.8 Å². The zero-order valence-electron chi connectivity index (χ0n) is 13.1. The van der Waals surface area contributed by atoms with E-state index in [2.05, 4.69) is 25.3 Å². The molecule has 0 aliphatic carbocycles. The molecule has 15 heteroatoms. The predicted molar refractivity (Wildman–Crippen MR) is 84.4 cm³/mol. The van der Waals surface area contributed by atoms with E-state index in [1.165, 1.54) is 6.33 Å². The molecule has 2 aromatic rings. The highest BCUT2D eigenvalue weighted by Gasteiger charge is 2.51. The van der Waals surface area contributed by atoms with Gasteiger partial charge in [-0.3, -0.25) is 4.57 Å². The lowest BCUT2D eigenvalue weighted by Gasteiger charge is -2.32. The number of nitrogen functional groups attached to an aromatic ring is 1. The van der Waals surface area contributed by atoms with Crippen molar-refractivity contribution in [2.75, 3.05) is 30.8 Å². The molecule has 1 aliphatic heterocycles. The van der Waals surface area contributed by atoms with Crippen molar-refractivity contribution in [3.8, 4) is 0 Å². The maximum atomic E-state index is 10.8. The summed E-state index contributed by atoms with van der Waals surface area (Å²) in [6, 6.07) is 0. The van der Waals surface area contributed by atoms with E-state index in [1.54, 1.807) is 0 Å². The summed E-state index contributed by atoms with van der Waals surface area (Å²) in [4.78, 5) is 32.2. The molecule has 0 aromatic carbocycles. The molecule has 2 aromatic heterocycles. The van der Waals surface area contributed by atoms with Crippen molar-refractivity contribution in [2.24, 2.45) is 0 Å². The topological polar surface area (TPSA) is 218 Å². The number of H-pyrrole nitrogens is 1. The molecule has 3 atom stereocenters. The van der Waals surface area contributed by atoms with Crippen LogP contribution >= 0.6 is 7.60 Å². The average molecular weight is 392 g/mol. The normalized spacial score (nSPS) is 26.5. The molecule has 3 rings (SSSR count). The highest BCUT2D eigenvalue weighted by atomic mass is 31.2. The van der Waals surface area contributed by atoms with Gasteiger partial charge in [0.2, 0.25) is 5.95 Å². The van der Waals surface area contributed by atoms with Crippen LogP contribution in [0.1, 0.15) is 0 Å². The lowest BCUT2D eigenvalue weighted by atomic mass is 10.2. The standard InChI is InChI=1S/C11H17N6O8P/c12-10-15-8-6(13-2-14-8)9(16-10)17-11(7(19)5(18)1-24-11)25-3-23-4-26(20,21)22/h2,5,7,18-19H,1,3-4H2,(H2,20,21,22)(H4,12,13,14,15,16,17)/t5-,7-,11+/m1/s1. The fourth-order valence-corrected chi connectivity index (χ4v) is 2.62. The molecular weight excluding hydrogens is 375 g/mol. The largest absolute Gasteiger partial charge is 0.388 e. The first-order chi connectivity index (χ1) is 12.2. The summed E-state index contributed by atoms with van der Waals surface area (Å²) >= 11 is 0. The summed E-state index contributed by atoms with van der Waals surface area (Å²) in [5.41, 5.74) is 6.18. The molecule has 1 fully saturated rings. The number of ether oxygens (including phenoxy) is 3. The number of aromatic nitrogens is 4. The van der Waals surface area contributed by atoms with E-state index in [9.17, 15) is 14.8 Å². The molecule has 1 aliphatic rings. The average Bonchev–Trinajstić information content (AvgIpc) is 3.12. The van der Waals surface area contributed by atoms with E-state index in [1.807, 2.05) is 0 Å². The molecular formula is C11H17N6O8P. The number of hydrogen-bond donors (Lipinski definition) is 7. The predicted octanol–water partition coefficient (Wildman–Crippen LogP) is -2.12. The number of nitrogens with two attached hydrogens (primary N) is 1. The van der Waals surface area contributed by atoms with Gasteiger partial charge in [-0.2, -0.15) is 9.97 Å². The highest BCUT2D eigenvalue weighted by Crippen LogP contribution is 2.35. The quantitative estimate of drug-likeness (QED) is 0.152. The van der Waals surface area contributed by atoms with Crippen LogP contribution in [0.25, 0.3) is 11.2 Å². The van der Waals surface area contributed by atoms with Gasteiger partial charge < -0.3 is 50.2 Å². The molecule has 0 radical (unpaired) electrons. The minimum Gasteiger partial charge on any atom is -0.388 e. The number of aliphatic hydroxyl groups excluding tert-OH is 2. The summed E-state index contributed by atoms with van der Waals surface area (Å²) in [7, 11) is -4.40. The monoisotopic (exact) mass is 392 g/mol. The number of nitrogens with zero attached hydrogens (tertiary/aromatic N) is 3. The van der Waals surface area contributed by atoms with Crippen molar-refractivity contribution in [2.45, 2.75) is 18.1 Å². The van der Waals surface area contributed by atoms with E-state index in [4.69, 9.17) is 29.7 Å². The Kier molecular flexibility index (Phi) is 5.09. The van der Waals surface area contributed by atoms with E-state index in [0.717, 1.165) is 0 Å². The van der Waals surface area contributed by atoms with Gasteiger partial charge >= 0.3 is 7.60 Å². The molecule has 26 heavy (non-hydrogen) atoms. The zero-order valence-corrected chi connectivity index (χ0v) is 14.0. The van der Waals surface area contributed by atoms with Crippen LogP contribution in [0.3, 0.4) is 0 Å². The Bertz CT molecular complexity index is 828. The van der Waals surface area contributed by atoms with Gasteiger partial charge in [0.15, 0.2) is 30.7 Å². The Morgan fingerprint density at radius 2 is 2.23 bits per heavy atom. The van der Waals surface area contributed by atoms with Crippen LogP contribution in [0.5, 0.6) is 0 Å². The summed E-state index contributed by atoms with van der Waals surface area (Å²) < 4.78 is 26.1. The lowest BCUT2D eigenvalue weighted by Crippen LogP contribution is -2.52. The fraction of sp³-hybridized carbons (Fsp3) is 0.545. The summed E-state index contributed by atoms with van der Waals surface area (Å²) in [6.07, 6.45) is -2.41. The Morgan fingerprint density at radius 3 is 2.88 bits per heavy atom. The molecule has 0 saturated carbocycles. The van der Waals surface area contributed by atoms with Gasteiger partial charge in [0.05, 0.1) is 12.9 Å². The van der Waals surface area contributed by atoms with E-state index < -0.39 is 38.9 Å². The van der Waals surface area contributed by atoms with Gasteiger partial charge in [-0.05, 0) is 0 Å². The lowest BCUT2D eigenvalue weighted by molar-refractivity contribution is -0.262. The SMILES string of the molecule is Nc1nc(N[C@]2(OCOCP(=O)(O)O)OC[C@@H](O)[C@H]2O)c2[nH]cnc2n1. The minimum atomic E-state index is -4.40. The second kappa shape index (κ2) is 7.02. The van der Waals surface area contributed by atoms with E-state index in [-0.39, 0.29) is 24.0 Å². The molecule has 0 spiro atoms. The molecule has 0 unspecified atom stereocenters. The Balaban J connectivity index is 1.82. The Morgan fingerprint density at radius 1 is 1.46 bits per heavy atom. The summed E-state index contributed by atoms with van der Waals surface area (Å²) in [6.45, 7) is -0.937. The third kappa shape index (κ3) is 3.92. The van der Waals surface area contributed by atoms with Crippen molar-refractivity contribution in [3.63, 3.8) is 0 Å². The first kappa shape index (κ1) is 18.9. The van der Waals surface area contributed by atoms with Crippen LogP contribution < -0.4 is 11.1 Å². The van der Waals surface area contributed by atoms with Gasteiger partial charge in [-0.15, -0.1) is 0 Å². The van der Waals surface area contributed by atoms with Crippen molar-refractivity contribution in [1.82, 2.24) is 19.9 Å². The van der Waals surface area contributed by atoms with Crippen molar-refractivity contribution in [1.29, 1.82) is 0 Å². The number of nitrogens with one attached hydrogen (secondary N) is 2. The number of aromatic amines is 1. The number of rotatable bonds is 7. The van der Waals surface area contributed by atoms with E-state index in [0.29, 0.717) is 5.52 Å². The number of hydrogen-bond acceptors (Lipinski definition) is 11. The number of fused-ring (bicyclic) bond motifs is 1. The number of anilines is 2. The van der Waals surface area contributed by atoms with Gasteiger partial charge in [0.1, 0.15) is 11.6 Å². The highest BCUT2D eigenvalue weighted by molar-refractivity contribution is 7.51. The van der Waals surface area contributed by atoms with Gasteiger partial charge in [-0.25, -0.2) is 4.98 Å². The van der Waals surface area contributed by atoms with Crippen LogP contribution in [-0.4, -0.2) is 77.8 Å². The van der Waals surface area contributed by atoms with Crippen molar-refractivity contribution in [3.05, 3.63) is 6.33 Å². The third-order valence-corrected chi connectivity index (χ3v) is 3.95. The van der Waals surface area contributed by atoms with Gasteiger partial charge in [0.25, 0.3) is 5.91 Å². The number of imidazole rings is 1. The molecule has 0 amide bonds. The van der Waals surface area contributed by atoms with Crippen LogP contribution in [0.15, 0.2) is 6.33 Å². The van der Waals surface area contributed by atoms with Crippen molar-refractivity contribution < 1.29 is 38.8 Å². The second-order valence-corrected chi connectivity index (χ2v) is 6.99. The molecule has 8 N–H and O–H groups in total. The first-order valence-electron chi connectivity index (χ1n) is 7.21. The van der Waals surface area contributed by atoms with Crippen LogP contribution in [0, 0.1) is 0 Å². The Labute approximate surface area is 145 Å². The summed E-state index contributed by atoms with van der Waals surface area (Å²) in [5.74, 6) is -2.06. The number of aliphatic hydroxyl groups is 2. The van der Waals surface area contributed by atoms with Crippen LogP contribution in [0.4, 0.5) is 11.8 Å². The molecule has 144 valence electrons. The Hall–Kier alpha value is -1.90. The van der Waals surface area contributed by atoms with E-state index >= 15 is 0 Å². The summed E-state index contributed by atoms with van der Waals surface area (Å²) in [5, 5.41) is 22.7. The van der Waals surface area contributed by atoms with Crippen molar-refractivity contribution >= 4 is 30.5 Å². The fourth-order valence-electron chi connectivity index (χ4n) is 2.30. The van der Waals surface area contributed by atoms with Gasteiger partial charge in [0, 0.05) is 0 Å². The molecule has 1 saturated heterocycles.